The Labute approximate surface area is 197 Å². The number of H-pyrrole nitrogens is 1. The lowest BCUT2D eigenvalue weighted by Gasteiger charge is -2.07. The van der Waals surface area contributed by atoms with Gasteiger partial charge in [0.15, 0.2) is 11.6 Å². The van der Waals surface area contributed by atoms with E-state index in [9.17, 15) is 4.79 Å². The van der Waals surface area contributed by atoms with E-state index in [4.69, 9.17) is 9.72 Å². The van der Waals surface area contributed by atoms with E-state index in [1.807, 2.05) is 53.2 Å². The number of hydrogen-bond donors (Lipinski definition) is 2. The number of fused-ring (bicyclic) bond motifs is 1. The maximum Gasteiger partial charge on any atom is 0.275 e. The summed E-state index contributed by atoms with van der Waals surface area (Å²) < 4.78 is 7.86. The van der Waals surface area contributed by atoms with Crippen molar-refractivity contribution in [3.63, 3.8) is 0 Å². The maximum atomic E-state index is 12.7. The Morgan fingerprint density at radius 1 is 1.12 bits per heavy atom. The minimum Gasteiger partial charge on any atom is -0.497 e. The molecule has 1 amide bonds. The minimum absolute atomic E-state index is 0.299. The topological polar surface area (TPSA) is 97.7 Å². The van der Waals surface area contributed by atoms with Gasteiger partial charge in [-0.3, -0.25) is 9.48 Å². The number of para-hydroxylation sites is 2. The molecule has 5 rings (SSSR count). The molecule has 0 radical (unpaired) electrons. The Bertz CT molecular complexity index is 1390. The number of aromatic nitrogens is 5. The van der Waals surface area contributed by atoms with Crippen LogP contribution in [0.15, 0.2) is 77.4 Å². The molecular formula is C24H19BrN6O2. The largest absolute Gasteiger partial charge is 0.497 e. The van der Waals surface area contributed by atoms with Gasteiger partial charge in [-0.25, -0.2) is 9.97 Å². The van der Waals surface area contributed by atoms with Crippen molar-refractivity contribution in [1.29, 1.82) is 0 Å². The fourth-order valence-corrected chi connectivity index (χ4v) is 3.69. The van der Waals surface area contributed by atoms with Crippen molar-refractivity contribution < 1.29 is 9.53 Å². The van der Waals surface area contributed by atoms with Gasteiger partial charge in [-0.15, -0.1) is 0 Å². The van der Waals surface area contributed by atoms with Crippen molar-refractivity contribution in [3.05, 3.63) is 88.7 Å². The summed E-state index contributed by atoms with van der Waals surface area (Å²) in [4.78, 5) is 24.9. The highest BCUT2D eigenvalue weighted by atomic mass is 79.9. The minimum atomic E-state index is -0.340. The number of anilines is 1. The number of nitrogens with one attached hydrogen (secondary N) is 2. The summed E-state index contributed by atoms with van der Waals surface area (Å²) in [6, 6.07) is 20.8. The maximum absolute atomic E-state index is 12.7. The van der Waals surface area contributed by atoms with Gasteiger partial charge in [0.1, 0.15) is 17.1 Å². The second-order valence-corrected chi connectivity index (χ2v) is 8.25. The summed E-state index contributed by atoms with van der Waals surface area (Å²) in [7, 11) is 1.64. The number of pyridine rings is 1. The average Bonchev–Trinajstić information content (AvgIpc) is 3.43. The van der Waals surface area contributed by atoms with E-state index in [0.717, 1.165) is 32.5 Å². The third-order valence-corrected chi connectivity index (χ3v) is 5.57. The van der Waals surface area contributed by atoms with Crippen LogP contribution in [0.3, 0.4) is 0 Å². The standard InChI is InChI=1S/C24H19BrN6O2/c1-33-17-9-6-15(7-10-17)14-31-21(23-27-18-4-2-3-5-19(18)28-23)12-22(30-31)29-24(32)20-11-8-16(25)13-26-20/h2-13H,14H2,1H3,(H,27,28)(H,29,30,32). The molecule has 0 bridgehead atoms. The second-order valence-electron chi connectivity index (χ2n) is 7.34. The van der Waals surface area contributed by atoms with Crippen LogP contribution in [0.5, 0.6) is 5.75 Å². The van der Waals surface area contributed by atoms with Crippen molar-refractivity contribution >= 4 is 38.7 Å². The highest BCUT2D eigenvalue weighted by Gasteiger charge is 2.17. The van der Waals surface area contributed by atoms with Crippen LogP contribution in [0.2, 0.25) is 0 Å². The number of halogens is 1. The molecule has 2 aromatic carbocycles. The van der Waals surface area contributed by atoms with Crippen molar-refractivity contribution in [2.24, 2.45) is 0 Å². The number of rotatable bonds is 6. The zero-order valence-corrected chi connectivity index (χ0v) is 19.2. The molecule has 3 aromatic heterocycles. The third kappa shape index (κ3) is 4.49. The fourth-order valence-electron chi connectivity index (χ4n) is 3.46. The number of ether oxygens (including phenoxy) is 1. The fraction of sp³-hybridized carbons (Fsp3) is 0.0833. The Morgan fingerprint density at radius 2 is 1.94 bits per heavy atom. The molecule has 9 heteroatoms. The Balaban J connectivity index is 1.50. The molecule has 33 heavy (non-hydrogen) atoms. The van der Waals surface area contributed by atoms with Gasteiger partial charge in [-0.05, 0) is 57.9 Å². The number of aromatic amines is 1. The van der Waals surface area contributed by atoms with E-state index in [2.05, 4.69) is 36.3 Å². The molecule has 0 aliphatic carbocycles. The molecule has 2 N–H and O–H groups in total. The van der Waals surface area contributed by atoms with Gasteiger partial charge in [-0.2, -0.15) is 5.10 Å². The van der Waals surface area contributed by atoms with Crippen LogP contribution >= 0.6 is 15.9 Å². The average molecular weight is 503 g/mol. The van der Waals surface area contributed by atoms with Crippen molar-refractivity contribution in [3.8, 4) is 17.3 Å². The molecule has 0 saturated heterocycles. The number of carbonyl (C=O) groups is 1. The number of nitrogens with zero attached hydrogens (tertiary/aromatic N) is 4. The number of carbonyl (C=O) groups excluding carboxylic acids is 1. The zero-order chi connectivity index (χ0) is 22.8. The first-order valence-corrected chi connectivity index (χ1v) is 11.0. The van der Waals surface area contributed by atoms with E-state index in [1.54, 1.807) is 31.5 Å². The Kier molecular flexibility index (Phi) is 5.62. The van der Waals surface area contributed by atoms with Gasteiger partial charge in [-0.1, -0.05) is 24.3 Å². The van der Waals surface area contributed by atoms with E-state index in [1.165, 1.54) is 0 Å². The van der Waals surface area contributed by atoms with Crippen LogP contribution in [0.25, 0.3) is 22.6 Å². The number of methoxy groups -OCH3 is 1. The van der Waals surface area contributed by atoms with Gasteiger partial charge in [0, 0.05) is 16.7 Å². The smallest absolute Gasteiger partial charge is 0.275 e. The number of amides is 1. The molecular weight excluding hydrogens is 484 g/mol. The molecule has 0 fully saturated rings. The monoisotopic (exact) mass is 502 g/mol. The number of imidazole rings is 1. The number of hydrogen-bond acceptors (Lipinski definition) is 5. The predicted molar refractivity (Wildman–Crippen MR) is 129 cm³/mol. The summed E-state index contributed by atoms with van der Waals surface area (Å²) in [6.45, 7) is 0.489. The first kappa shape index (κ1) is 20.9. The van der Waals surface area contributed by atoms with E-state index in [-0.39, 0.29) is 5.91 Å². The van der Waals surface area contributed by atoms with Crippen molar-refractivity contribution in [2.75, 3.05) is 12.4 Å². The molecule has 0 unspecified atom stereocenters. The highest BCUT2D eigenvalue weighted by Crippen LogP contribution is 2.25. The van der Waals surface area contributed by atoms with Gasteiger partial charge < -0.3 is 15.0 Å². The molecule has 0 spiro atoms. The predicted octanol–water partition coefficient (Wildman–Crippen LogP) is 4.89. The normalized spacial score (nSPS) is 11.0. The van der Waals surface area contributed by atoms with Gasteiger partial charge in [0.05, 0.1) is 24.7 Å². The second kappa shape index (κ2) is 8.87. The van der Waals surface area contributed by atoms with Gasteiger partial charge >= 0.3 is 0 Å². The lowest BCUT2D eigenvalue weighted by Crippen LogP contribution is -2.14. The van der Waals surface area contributed by atoms with Crippen LogP contribution in [-0.2, 0) is 6.54 Å². The first-order chi connectivity index (χ1) is 16.1. The summed E-state index contributed by atoms with van der Waals surface area (Å²) in [5, 5.41) is 7.47. The highest BCUT2D eigenvalue weighted by molar-refractivity contribution is 9.10. The summed E-state index contributed by atoms with van der Waals surface area (Å²) in [5.74, 6) is 1.52. The first-order valence-electron chi connectivity index (χ1n) is 10.2. The quantitative estimate of drug-likeness (QED) is 0.344. The molecule has 3 heterocycles. The van der Waals surface area contributed by atoms with Crippen LogP contribution < -0.4 is 10.1 Å². The van der Waals surface area contributed by atoms with Gasteiger partial charge in [0.25, 0.3) is 5.91 Å². The Morgan fingerprint density at radius 3 is 2.67 bits per heavy atom. The van der Waals surface area contributed by atoms with Crippen LogP contribution in [0.4, 0.5) is 5.82 Å². The Hall–Kier alpha value is -3.98. The zero-order valence-electron chi connectivity index (χ0n) is 17.6. The van der Waals surface area contributed by atoms with Crippen molar-refractivity contribution in [1.82, 2.24) is 24.7 Å². The van der Waals surface area contributed by atoms with E-state index < -0.39 is 0 Å². The molecule has 0 aliphatic rings. The SMILES string of the molecule is COc1ccc(Cn2nc(NC(=O)c3ccc(Br)cn3)cc2-c2nc3ccccc3[nH]2)cc1. The van der Waals surface area contributed by atoms with Crippen LogP contribution in [-0.4, -0.2) is 37.7 Å². The van der Waals surface area contributed by atoms with Crippen LogP contribution in [0.1, 0.15) is 16.1 Å². The molecule has 0 saturated carbocycles. The summed E-state index contributed by atoms with van der Waals surface area (Å²) >= 11 is 3.33. The molecule has 5 aromatic rings. The molecule has 164 valence electrons. The summed E-state index contributed by atoms with van der Waals surface area (Å²) in [6.07, 6.45) is 1.58. The van der Waals surface area contributed by atoms with E-state index >= 15 is 0 Å². The van der Waals surface area contributed by atoms with Gasteiger partial charge in [0.2, 0.25) is 0 Å². The molecule has 0 aliphatic heterocycles. The lowest BCUT2D eigenvalue weighted by atomic mass is 10.2. The van der Waals surface area contributed by atoms with E-state index in [0.29, 0.717) is 23.9 Å². The van der Waals surface area contributed by atoms with Crippen molar-refractivity contribution in [2.45, 2.75) is 6.54 Å². The van der Waals surface area contributed by atoms with Crippen LogP contribution in [0, 0.1) is 0 Å². The molecule has 8 nitrogen and oxygen atoms in total. The number of benzene rings is 2. The summed E-state index contributed by atoms with van der Waals surface area (Å²) in [5.41, 5.74) is 3.86. The molecule has 0 atom stereocenters. The lowest BCUT2D eigenvalue weighted by molar-refractivity contribution is 0.102. The third-order valence-electron chi connectivity index (χ3n) is 5.10.